The molecule has 0 fully saturated rings. The van der Waals surface area contributed by atoms with Gasteiger partial charge in [0, 0.05) is 6.07 Å². The summed E-state index contributed by atoms with van der Waals surface area (Å²) in [4.78, 5) is 14.5. The number of nitro groups is 1. The molecule has 1 aromatic heterocycles. The number of nitrogens with two attached hydrogens (primary N) is 1. The first-order valence-corrected chi connectivity index (χ1v) is 5.74. The van der Waals surface area contributed by atoms with Crippen LogP contribution in [0.3, 0.4) is 0 Å². The maximum Gasteiger partial charge on any atom is 0.314 e. The Morgan fingerprint density at radius 3 is 2.65 bits per heavy atom. The van der Waals surface area contributed by atoms with E-state index in [9.17, 15) is 10.1 Å². The highest BCUT2D eigenvalue weighted by Gasteiger charge is 2.16. The van der Waals surface area contributed by atoms with Gasteiger partial charge < -0.3 is 15.2 Å². The summed E-state index contributed by atoms with van der Waals surface area (Å²) >= 11 is 0. The van der Waals surface area contributed by atoms with Crippen molar-refractivity contribution >= 4 is 11.4 Å². The molecule has 104 valence electrons. The number of nitro benzene ring substituents is 1. The number of aryl methyl sites for hydroxylation is 1. The van der Waals surface area contributed by atoms with E-state index >= 15 is 0 Å². The van der Waals surface area contributed by atoms with Gasteiger partial charge in [0.2, 0.25) is 5.88 Å². The highest BCUT2D eigenvalue weighted by molar-refractivity contribution is 5.52. The topological polar surface area (TPSA) is 101 Å². The number of rotatable bonds is 4. The number of nitrogen functional groups attached to an aromatic ring is 1. The highest BCUT2D eigenvalue weighted by Crippen LogP contribution is 2.32. The van der Waals surface area contributed by atoms with Gasteiger partial charge in [-0.3, -0.25) is 10.1 Å². The molecule has 7 heteroatoms. The number of pyridine rings is 1. The third-order valence-electron chi connectivity index (χ3n) is 2.67. The van der Waals surface area contributed by atoms with E-state index in [1.807, 2.05) is 0 Å². The lowest BCUT2D eigenvalue weighted by molar-refractivity contribution is -0.385. The molecule has 20 heavy (non-hydrogen) atoms. The molecule has 2 aromatic rings. The van der Waals surface area contributed by atoms with Crippen LogP contribution in [0.15, 0.2) is 30.3 Å². The van der Waals surface area contributed by atoms with Crippen LogP contribution in [0.5, 0.6) is 17.4 Å². The average Bonchev–Trinajstić information content (AvgIpc) is 2.43. The van der Waals surface area contributed by atoms with Crippen LogP contribution in [0.1, 0.15) is 5.69 Å². The minimum atomic E-state index is -0.534. The molecule has 7 nitrogen and oxygen atoms in total. The summed E-state index contributed by atoms with van der Waals surface area (Å²) in [6.07, 6.45) is 0. The Labute approximate surface area is 115 Å². The van der Waals surface area contributed by atoms with Crippen molar-refractivity contribution in [2.45, 2.75) is 6.92 Å². The third kappa shape index (κ3) is 2.77. The van der Waals surface area contributed by atoms with Gasteiger partial charge in [-0.15, -0.1) is 0 Å². The summed E-state index contributed by atoms with van der Waals surface area (Å²) in [7, 11) is 1.37. The number of methoxy groups -OCH3 is 1. The number of nitrogens with zero attached hydrogens (tertiary/aromatic N) is 2. The lowest BCUT2D eigenvalue weighted by atomic mass is 10.3. The van der Waals surface area contributed by atoms with Gasteiger partial charge in [-0.1, -0.05) is 0 Å². The Kier molecular flexibility index (Phi) is 3.69. The molecule has 2 N–H and O–H groups in total. The van der Waals surface area contributed by atoms with Gasteiger partial charge in [0.15, 0.2) is 5.75 Å². The molecule has 0 spiro atoms. The minimum absolute atomic E-state index is 0.169. The maximum absolute atomic E-state index is 10.9. The van der Waals surface area contributed by atoms with Gasteiger partial charge >= 0.3 is 5.69 Å². The van der Waals surface area contributed by atoms with E-state index in [1.165, 1.54) is 19.2 Å². The molecule has 0 atom stereocenters. The lowest BCUT2D eigenvalue weighted by Gasteiger charge is -2.08. The van der Waals surface area contributed by atoms with Crippen LogP contribution in [0.2, 0.25) is 0 Å². The van der Waals surface area contributed by atoms with E-state index in [0.29, 0.717) is 23.0 Å². The number of ether oxygens (including phenoxy) is 2. The average molecular weight is 275 g/mol. The van der Waals surface area contributed by atoms with Crippen LogP contribution in [0.4, 0.5) is 11.4 Å². The second-order valence-corrected chi connectivity index (χ2v) is 4.02. The molecule has 0 bridgehead atoms. The van der Waals surface area contributed by atoms with Crippen LogP contribution in [0, 0.1) is 17.0 Å². The normalized spacial score (nSPS) is 10.1. The van der Waals surface area contributed by atoms with Crippen LogP contribution < -0.4 is 15.2 Å². The van der Waals surface area contributed by atoms with E-state index in [0.717, 1.165) is 0 Å². The number of anilines is 1. The summed E-state index contributed by atoms with van der Waals surface area (Å²) < 4.78 is 10.4. The van der Waals surface area contributed by atoms with Gasteiger partial charge in [0.1, 0.15) is 5.75 Å². The van der Waals surface area contributed by atoms with Crippen molar-refractivity contribution in [1.29, 1.82) is 0 Å². The standard InChI is InChI=1S/C13H13N3O4/c1-8-10(14)4-6-13(15-8)20-9-3-5-12(19-2)11(7-9)16(17)18/h3-7H,14H2,1-2H3. The van der Waals surface area contributed by atoms with Gasteiger partial charge in [-0.2, -0.15) is 0 Å². The van der Waals surface area contributed by atoms with Gasteiger partial charge in [-0.05, 0) is 25.1 Å². The van der Waals surface area contributed by atoms with Gasteiger partial charge in [0.25, 0.3) is 0 Å². The fourth-order valence-electron chi connectivity index (χ4n) is 1.60. The number of hydrogen-bond donors (Lipinski definition) is 1. The third-order valence-corrected chi connectivity index (χ3v) is 2.67. The molecule has 1 aromatic carbocycles. The van der Waals surface area contributed by atoms with E-state index in [-0.39, 0.29) is 11.4 Å². The molecule has 0 saturated carbocycles. The summed E-state index contributed by atoms with van der Waals surface area (Å²) in [5.74, 6) is 0.786. The smallest absolute Gasteiger partial charge is 0.314 e. The summed E-state index contributed by atoms with van der Waals surface area (Å²) in [5.41, 5.74) is 6.67. The molecule has 0 radical (unpaired) electrons. The van der Waals surface area contributed by atoms with Crippen LogP contribution in [0.25, 0.3) is 0 Å². The van der Waals surface area contributed by atoms with E-state index in [2.05, 4.69) is 4.98 Å². The van der Waals surface area contributed by atoms with Crippen molar-refractivity contribution in [3.63, 3.8) is 0 Å². The monoisotopic (exact) mass is 275 g/mol. The number of hydrogen-bond acceptors (Lipinski definition) is 6. The first-order chi connectivity index (χ1) is 9.51. The Bertz CT molecular complexity index is 658. The first-order valence-electron chi connectivity index (χ1n) is 5.74. The van der Waals surface area contributed by atoms with Crippen molar-refractivity contribution in [3.05, 3.63) is 46.1 Å². The van der Waals surface area contributed by atoms with Gasteiger partial charge in [0.05, 0.1) is 29.5 Å². The Balaban J connectivity index is 2.31. The zero-order valence-electron chi connectivity index (χ0n) is 11.0. The SMILES string of the molecule is COc1ccc(Oc2ccc(N)c(C)n2)cc1[N+](=O)[O-]. The Morgan fingerprint density at radius 2 is 2.05 bits per heavy atom. The quantitative estimate of drug-likeness (QED) is 0.680. The minimum Gasteiger partial charge on any atom is -0.490 e. The molecular formula is C13H13N3O4. The van der Waals surface area contributed by atoms with Gasteiger partial charge in [-0.25, -0.2) is 4.98 Å². The molecule has 0 aliphatic carbocycles. The fourth-order valence-corrected chi connectivity index (χ4v) is 1.60. The second-order valence-electron chi connectivity index (χ2n) is 4.02. The van der Waals surface area contributed by atoms with E-state index < -0.39 is 4.92 Å². The van der Waals surface area contributed by atoms with E-state index in [4.69, 9.17) is 15.2 Å². The van der Waals surface area contributed by atoms with Crippen molar-refractivity contribution in [3.8, 4) is 17.4 Å². The second kappa shape index (κ2) is 5.43. The van der Waals surface area contributed by atoms with Crippen LogP contribution in [-0.4, -0.2) is 17.0 Å². The van der Waals surface area contributed by atoms with Crippen LogP contribution >= 0.6 is 0 Å². The Morgan fingerprint density at radius 1 is 1.30 bits per heavy atom. The molecule has 0 aliphatic heterocycles. The van der Waals surface area contributed by atoms with E-state index in [1.54, 1.807) is 25.1 Å². The summed E-state index contributed by atoms with van der Waals surface area (Å²) in [5, 5.41) is 10.9. The fraction of sp³-hybridized carbons (Fsp3) is 0.154. The molecule has 1 heterocycles. The maximum atomic E-state index is 10.9. The molecule has 0 amide bonds. The molecule has 0 saturated heterocycles. The predicted octanol–water partition coefficient (Wildman–Crippen LogP) is 2.68. The van der Waals surface area contributed by atoms with Crippen LogP contribution in [-0.2, 0) is 0 Å². The van der Waals surface area contributed by atoms with Crippen molar-refractivity contribution in [2.75, 3.05) is 12.8 Å². The molecular weight excluding hydrogens is 262 g/mol. The Hall–Kier alpha value is -2.83. The van der Waals surface area contributed by atoms with Crippen molar-refractivity contribution < 1.29 is 14.4 Å². The lowest BCUT2D eigenvalue weighted by Crippen LogP contribution is -1.97. The molecule has 0 unspecified atom stereocenters. The highest BCUT2D eigenvalue weighted by atomic mass is 16.6. The van der Waals surface area contributed by atoms with Crippen molar-refractivity contribution in [2.24, 2.45) is 0 Å². The zero-order chi connectivity index (χ0) is 14.7. The zero-order valence-corrected chi connectivity index (χ0v) is 11.0. The number of aromatic nitrogens is 1. The molecule has 0 aliphatic rings. The molecule has 2 rings (SSSR count). The largest absolute Gasteiger partial charge is 0.490 e. The first kappa shape index (κ1) is 13.6. The summed E-state index contributed by atoms with van der Waals surface area (Å²) in [6.45, 7) is 1.75. The predicted molar refractivity (Wildman–Crippen MR) is 73.1 cm³/mol. The number of benzene rings is 1. The van der Waals surface area contributed by atoms with Crippen molar-refractivity contribution in [1.82, 2.24) is 4.98 Å². The summed E-state index contributed by atoms with van der Waals surface area (Å²) in [6, 6.07) is 7.58.